The molecule has 3 saturated carbocycles. The number of ether oxygens (including phenoxy) is 4. The number of hydrogen-bond donors (Lipinski definition) is 2. The number of hydrogen-bond acceptors (Lipinski definition) is 16. The number of carboxylic acids is 1. The van der Waals surface area contributed by atoms with Crippen molar-refractivity contribution in [2.24, 2.45) is 28.6 Å². The third kappa shape index (κ3) is 10.3. The maximum absolute atomic E-state index is 17.2. The van der Waals surface area contributed by atoms with E-state index in [0.717, 1.165) is 6.08 Å². The topological polar surface area (TPSA) is 267 Å². The molecule has 19 nitrogen and oxygen atoms in total. The number of carbonyl (C=O) groups is 5. The number of methoxy groups -OCH3 is 1. The number of carbonyl (C=O) groups excluding carboxylic acids is 4. The minimum atomic E-state index is -2.25. The van der Waals surface area contributed by atoms with Crippen LogP contribution in [0.3, 0.4) is 0 Å². The standard InChI is InChI=1S/C34H39F2NO12.C4H7NO5/c1-32-17-29(40)34(36)23(16-25(35)24-15-20(38)10-11-33(24,34)2)21(32)7-8-22(32)26(39)18-47-31(42)49-27-9-6-19(14-28(27)45-3)30(41)46-12-4-5-13-48-37(43)44;6-4(7)2-1-3-10-5(8)9/h6,9-11,14-15,21-23,25,29,40H,4-5,7-8,12-13,16-18H2,1-3H3;1-3H2,(H,6,7)/t21?,22?,23?,25-,29?,32?,33?,34-;/m0./s1. The molecule has 21 heteroatoms. The summed E-state index contributed by atoms with van der Waals surface area (Å²) in [5.41, 5.74) is -4.55. The Morgan fingerprint density at radius 1 is 0.949 bits per heavy atom. The van der Waals surface area contributed by atoms with Gasteiger partial charge in [-0.15, -0.1) is 20.2 Å². The normalized spacial score (nSPS) is 28.8. The van der Waals surface area contributed by atoms with Gasteiger partial charge < -0.3 is 38.8 Å². The number of carboxylic acid groups (broad SMARTS) is 1. The van der Waals surface area contributed by atoms with E-state index in [1.54, 1.807) is 6.92 Å². The lowest BCUT2D eigenvalue weighted by Gasteiger charge is -2.62. The van der Waals surface area contributed by atoms with Crippen LogP contribution in [0.5, 0.6) is 11.5 Å². The number of alkyl halides is 2. The lowest BCUT2D eigenvalue weighted by Crippen LogP contribution is -2.68. The molecule has 5 rings (SSSR count). The SMILES string of the molecule is COc1cc(C(=O)OCCCCO[N+](=O)[O-])ccc1OC(=O)OCC(=O)C1CCC2C3C[C@H](F)C4=CC(=O)C=CC4(C)[C@@]3(F)C(O)CC12C.O=C(O)CCCO[N+](=O)[O-]. The lowest BCUT2D eigenvalue weighted by molar-refractivity contribution is -0.757. The van der Waals surface area contributed by atoms with E-state index in [9.17, 15) is 49.3 Å². The van der Waals surface area contributed by atoms with Crippen molar-refractivity contribution in [2.75, 3.05) is 33.5 Å². The van der Waals surface area contributed by atoms with Crippen LogP contribution >= 0.6 is 0 Å². The number of unbranched alkanes of at least 4 members (excludes halogenated alkanes) is 1. The van der Waals surface area contributed by atoms with Crippen molar-refractivity contribution in [2.45, 2.75) is 83.2 Å². The van der Waals surface area contributed by atoms with E-state index in [-0.39, 0.29) is 68.1 Å². The van der Waals surface area contributed by atoms with Gasteiger partial charge in [-0.1, -0.05) is 13.0 Å². The second-order valence-corrected chi connectivity index (χ2v) is 15.0. The number of aliphatic carboxylic acids is 1. The van der Waals surface area contributed by atoms with Crippen molar-refractivity contribution in [3.63, 3.8) is 0 Å². The van der Waals surface area contributed by atoms with E-state index >= 15 is 8.78 Å². The van der Waals surface area contributed by atoms with Crippen LogP contribution < -0.4 is 9.47 Å². The van der Waals surface area contributed by atoms with E-state index in [2.05, 4.69) is 9.68 Å². The highest BCUT2D eigenvalue weighted by Gasteiger charge is 2.72. The van der Waals surface area contributed by atoms with Crippen molar-refractivity contribution in [3.8, 4) is 11.5 Å². The molecule has 1 aromatic rings. The summed E-state index contributed by atoms with van der Waals surface area (Å²) in [5, 5.41) is 37.2. The highest BCUT2D eigenvalue weighted by molar-refractivity contribution is 6.01. The molecule has 324 valence electrons. The highest BCUT2D eigenvalue weighted by Crippen LogP contribution is 2.69. The third-order valence-corrected chi connectivity index (χ3v) is 11.6. The minimum Gasteiger partial charge on any atom is -0.493 e. The van der Waals surface area contributed by atoms with Gasteiger partial charge in [0.15, 0.2) is 35.3 Å². The number of halogens is 2. The Labute approximate surface area is 335 Å². The Morgan fingerprint density at radius 2 is 1.61 bits per heavy atom. The van der Waals surface area contributed by atoms with Gasteiger partial charge in [-0.25, -0.2) is 18.4 Å². The zero-order valence-electron chi connectivity index (χ0n) is 32.5. The van der Waals surface area contributed by atoms with Crippen LogP contribution in [0.2, 0.25) is 0 Å². The largest absolute Gasteiger partial charge is 0.514 e. The van der Waals surface area contributed by atoms with Crippen LogP contribution in [-0.4, -0.2) is 102 Å². The predicted octanol–water partition coefficient (Wildman–Crippen LogP) is 4.92. The molecule has 4 aliphatic rings. The summed E-state index contributed by atoms with van der Waals surface area (Å²) in [6.07, 6.45) is 0.501. The van der Waals surface area contributed by atoms with Crippen molar-refractivity contribution in [1.29, 1.82) is 0 Å². The molecule has 2 N–H and O–H groups in total. The van der Waals surface area contributed by atoms with Crippen LogP contribution in [0.1, 0.15) is 75.6 Å². The molecule has 0 aromatic heterocycles. The fourth-order valence-corrected chi connectivity index (χ4v) is 8.91. The third-order valence-electron chi connectivity index (χ3n) is 11.6. The van der Waals surface area contributed by atoms with Gasteiger partial charge in [-0.2, -0.15) is 0 Å². The molecule has 6 unspecified atom stereocenters. The Balaban J connectivity index is 0.000000680. The first-order chi connectivity index (χ1) is 27.8. The minimum absolute atomic E-state index is 0.00308. The smallest absolute Gasteiger partial charge is 0.493 e. The molecule has 4 aliphatic carbocycles. The summed E-state index contributed by atoms with van der Waals surface area (Å²) >= 11 is 0. The maximum Gasteiger partial charge on any atom is 0.514 e. The first-order valence-corrected chi connectivity index (χ1v) is 18.7. The van der Waals surface area contributed by atoms with Gasteiger partial charge in [0, 0.05) is 23.7 Å². The van der Waals surface area contributed by atoms with E-state index < -0.39 is 93.0 Å². The highest BCUT2D eigenvalue weighted by atomic mass is 19.1. The average molecular weight is 841 g/mol. The molecular weight excluding hydrogens is 794 g/mol. The number of benzene rings is 1. The van der Waals surface area contributed by atoms with Crippen LogP contribution in [0.15, 0.2) is 42.0 Å². The van der Waals surface area contributed by atoms with E-state index in [1.165, 1.54) is 44.4 Å². The zero-order valence-corrected chi connectivity index (χ0v) is 32.5. The van der Waals surface area contributed by atoms with Crippen LogP contribution in [-0.2, 0) is 33.5 Å². The number of Topliss-reactive ketones (excluding diaryl/α,β-unsaturated/α-hetero) is 1. The van der Waals surface area contributed by atoms with Gasteiger partial charge in [-0.3, -0.25) is 14.4 Å². The summed E-state index contributed by atoms with van der Waals surface area (Å²) in [7, 11) is 1.28. The molecular formula is C38H46F2N2O17. The Bertz CT molecular complexity index is 1840. The number of rotatable bonds is 17. The van der Waals surface area contributed by atoms with Gasteiger partial charge >= 0.3 is 18.1 Å². The van der Waals surface area contributed by atoms with E-state index in [0.29, 0.717) is 25.7 Å². The Hall–Kier alpha value is -5.73. The number of aliphatic hydroxyl groups is 1. The monoisotopic (exact) mass is 840 g/mol. The fourth-order valence-electron chi connectivity index (χ4n) is 8.91. The molecule has 0 saturated heterocycles. The molecule has 0 spiro atoms. The van der Waals surface area contributed by atoms with Crippen LogP contribution in [0, 0.1) is 48.8 Å². The molecule has 8 atom stereocenters. The van der Waals surface area contributed by atoms with Crippen molar-refractivity contribution in [3.05, 3.63) is 67.8 Å². The van der Waals surface area contributed by atoms with Crippen molar-refractivity contribution < 1.29 is 81.8 Å². The molecule has 0 radical (unpaired) electrons. The molecule has 0 aliphatic heterocycles. The van der Waals surface area contributed by atoms with Crippen LogP contribution in [0.25, 0.3) is 0 Å². The maximum atomic E-state index is 17.2. The number of aliphatic hydroxyl groups excluding tert-OH is 1. The van der Waals surface area contributed by atoms with Crippen LogP contribution in [0.4, 0.5) is 13.6 Å². The number of esters is 1. The van der Waals surface area contributed by atoms with E-state index in [4.69, 9.17) is 24.1 Å². The first kappa shape index (κ1) is 46.0. The predicted molar refractivity (Wildman–Crippen MR) is 194 cm³/mol. The second-order valence-electron chi connectivity index (χ2n) is 15.0. The fraction of sp³-hybridized carbons (Fsp3) is 0.605. The van der Waals surface area contributed by atoms with Gasteiger partial charge in [-0.05, 0) is 99.1 Å². The average Bonchev–Trinajstić information content (AvgIpc) is 3.52. The van der Waals surface area contributed by atoms with Crippen molar-refractivity contribution >= 4 is 29.7 Å². The van der Waals surface area contributed by atoms with Gasteiger partial charge in [0.25, 0.3) is 10.2 Å². The molecule has 59 heavy (non-hydrogen) atoms. The number of nitrogens with zero attached hydrogens (tertiary/aromatic N) is 2. The Kier molecular flexibility index (Phi) is 15.1. The number of allylic oxidation sites excluding steroid dienone is 4. The molecule has 0 amide bonds. The first-order valence-electron chi connectivity index (χ1n) is 18.7. The molecule has 1 aromatic carbocycles. The molecule has 0 heterocycles. The summed E-state index contributed by atoms with van der Waals surface area (Å²) in [6, 6.07) is 3.87. The Morgan fingerprint density at radius 3 is 2.25 bits per heavy atom. The molecule has 3 fully saturated rings. The van der Waals surface area contributed by atoms with Gasteiger partial charge in [0.2, 0.25) is 0 Å². The van der Waals surface area contributed by atoms with E-state index in [1.807, 2.05) is 0 Å². The molecule has 0 bridgehead atoms. The summed E-state index contributed by atoms with van der Waals surface area (Å²) in [4.78, 5) is 88.0. The lowest BCUT2D eigenvalue weighted by atomic mass is 9.45. The summed E-state index contributed by atoms with van der Waals surface area (Å²) in [6.45, 7) is 2.35. The van der Waals surface area contributed by atoms with Gasteiger partial charge in [0.1, 0.15) is 6.17 Å². The zero-order chi connectivity index (χ0) is 43.7. The number of fused-ring (bicyclic) bond motifs is 5. The second kappa shape index (κ2) is 19.3. The van der Waals surface area contributed by atoms with Gasteiger partial charge in [0.05, 0.1) is 38.6 Å². The quantitative estimate of drug-likeness (QED) is 0.0693. The van der Waals surface area contributed by atoms with Crippen molar-refractivity contribution in [1.82, 2.24) is 0 Å². The number of ketones is 2. The summed E-state index contributed by atoms with van der Waals surface area (Å²) in [5.74, 6) is -4.72. The summed E-state index contributed by atoms with van der Waals surface area (Å²) < 4.78 is 53.5.